The molecule has 2 amide bonds. The Morgan fingerprint density at radius 2 is 1.86 bits per heavy atom. The number of methoxy groups -OCH3 is 1. The van der Waals surface area contributed by atoms with Crippen LogP contribution in [-0.2, 0) is 16.0 Å². The number of halogens is 3. The molecule has 0 aliphatic rings. The number of nitrogens with zero attached hydrogens (tertiary/aromatic N) is 6. The van der Waals surface area contributed by atoms with Crippen LogP contribution in [0.2, 0.25) is 10.2 Å². The Bertz CT molecular complexity index is 1820. The van der Waals surface area contributed by atoms with Gasteiger partial charge in [0.2, 0.25) is 5.91 Å². The summed E-state index contributed by atoms with van der Waals surface area (Å²) in [6.45, 7) is 0. The molecule has 44 heavy (non-hydrogen) atoms. The molecule has 2 heterocycles. The summed E-state index contributed by atoms with van der Waals surface area (Å²) >= 11 is 12.6. The summed E-state index contributed by atoms with van der Waals surface area (Å²) in [6.07, 6.45) is 3.97. The number of aromatic nitrogens is 6. The molecule has 222 valence electrons. The van der Waals surface area contributed by atoms with E-state index in [1.165, 1.54) is 36.3 Å². The molecule has 0 saturated heterocycles. The molecule has 0 saturated carbocycles. The smallest absolute Gasteiger partial charge is 0.411 e. The van der Waals surface area contributed by atoms with Crippen LogP contribution in [0.3, 0.4) is 0 Å². The molecule has 2 N–H and O–H groups in total. The predicted octanol–water partition coefficient (Wildman–Crippen LogP) is 5.86. The highest BCUT2D eigenvalue weighted by Gasteiger charge is 2.20. The zero-order valence-electron chi connectivity index (χ0n) is 23.0. The van der Waals surface area contributed by atoms with Gasteiger partial charge in [0.05, 0.1) is 30.2 Å². The highest BCUT2D eigenvalue weighted by atomic mass is 35.5. The standard InChI is InChI=1S/C30H23Cl2FN8O3/c1-44-30(43)36-24-10-7-19(15-23(24)33)22-16-26(37-38-29(22)32)25(13-18-5-3-2-4-6-18)35-28(42)12-8-20-14-21(31)9-11-27(20)41-17-34-39-40-41/h2-12,14-17,25H,13H2,1H3,(H,35,42)(H,36,43)/t25-/m0/s1. The predicted molar refractivity (Wildman–Crippen MR) is 163 cm³/mol. The normalized spacial score (nSPS) is 11.7. The van der Waals surface area contributed by atoms with Crippen molar-refractivity contribution in [2.75, 3.05) is 12.4 Å². The number of amides is 2. The third-order valence-corrected chi connectivity index (χ3v) is 6.94. The van der Waals surface area contributed by atoms with Crippen molar-refractivity contribution < 1.29 is 18.7 Å². The molecule has 14 heteroatoms. The molecular formula is C30H23Cl2FN8O3. The minimum atomic E-state index is -0.807. The van der Waals surface area contributed by atoms with Crippen molar-refractivity contribution in [2.24, 2.45) is 0 Å². The third kappa shape index (κ3) is 7.41. The monoisotopic (exact) mass is 632 g/mol. The number of ether oxygens (including phenoxy) is 1. The number of anilines is 1. The maximum absolute atomic E-state index is 14.8. The van der Waals surface area contributed by atoms with Crippen LogP contribution in [0.4, 0.5) is 14.9 Å². The molecule has 5 rings (SSSR count). The van der Waals surface area contributed by atoms with E-state index in [4.69, 9.17) is 23.2 Å². The molecule has 0 fully saturated rings. The van der Waals surface area contributed by atoms with Crippen molar-refractivity contribution in [1.29, 1.82) is 0 Å². The van der Waals surface area contributed by atoms with E-state index in [0.717, 1.165) is 5.56 Å². The number of hydrogen-bond acceptors (Lipinski definition) is 8. The van der Waals surface area contributed by atoms with Gasteiger partial charge in [0, 0.05) is 22.2 Å². The summed E-state index contributed by atoms with van der Waals surface area (Å²) in [5.74, 6) is -1.13. The molecule has 0 unspecified atom stereocenters. The van der Waals surface area contributed by atoms with E-state index in [1.807, 2.05) is 30.3 Å². The zero-order chi connectivity index (χ0) is 31.1. The Balaban J connectivity index is 1.44. The number of benzene rings is 3. The Labute approximate surface area is 260 Å². The zero-order valence-corrected chi connectivity index (χ0v) is 24.5. The molecule has 0 aliphatic heterocycles. The summed E-state index contributed by atoms with van der Waals surface area (Å²) in [6, 6.07) is 19.8. The van der Waals surface area contributed by atoms with Gasteiger partial charge < -0.3 is 10.1 Å². The minimum absolute atomic E-state index is 0.0302. The van der Waals surface area contributed by atoms with Crippen molar-refractivity contribution in [1.82, 2.24) is 35.7 Å². The van der Waals surface area contributed by atoms with Gasteiger partial charge >= 0.3 is 6.09 Å². The molecule has 2 aromatic heterocycles. The first-order valence-corrected chi connectivity index (χ1v) is 13.8. The first kappa shape index (κ1) is 30.3. The van der Waals surface area contributed by atoms with Gasteiger partial charge in [-0.05, 0) is 70.4 Å². The summed E-state index contributed by atoms with van der Waals surface area (Å²) < 4.78 is 20.8. The number of carbonyl (C=O) groups excluding carboxylic acids is 2. The van der Waals surface area contributed by atoms with Gasteiger partial charge in [-0.25, -0.2) is 9.18 Å². The van der Waals surface area contributed by atoms with E-state index in [1.54, 1.807) is 36.4 Å². The number of tetrazole rings is 1. The van der Waals surface area contributed by atoms with Gasteiger partial charge in [-0.2, -0.15) is 9.78 Å². The molecule has 0 radical (unpaired) electrons. The number of carbonyl (C=O) groups is 2. The lowest BCUT2D eigenvalue weighted by Crippen LogP contribution is -2.29. The van der Waals surface area contributed by atoms with Crippen LogP contribution in [0, 0.1) is 5.82 Å². The van der Waals surface area contributed by atoms with Crippen molar-refractivity contribution in [3.05, 3.63) is 118 Å². The highest BCUT2D eigenvalue weighted by molar-refractivity contribution is 6.32. The van der Waals surface area contributed by atoms with Gasteiger partial charge in [-0.15, -0.1) is 10.2 Å². The topological polar surface area (TPSA) is 137 Å². The molecule has 1 atom stereocenters. The number of hydrogen-bond donors (Lipinski definition) is 2. The fourth-order valence-corrected chi connectivity index (χ4v) is 4.70. The number of nitrogens with one attached hydrogen (secondary N) is 2. The molecule has 0 spiro atoms. The van der Waals surface area contributed by atoms with Crippen LogP contribution < -0.4 is 10.6 Å². The van der Waals surface area contributed by atoms with Crippen LogP contribution >= 0.6 is 23.2 Å². The van der Waals surface area contributed by atoms with Crippen molar-refractivity contribution >= 4 is 47.0 Å². The lowest BCUT2D eigenvalue weighted by atomic mass is 10.00. The van der Waals surface area contributed by atoms with Gasteiger partial charge in [-0.3, -0.25) is 10.1 Å². The van der Waals surface area contributed by atoms with E-state index in [9.17, 15) is 14.0 Å². The van der Waals surface area contributed by atoms with Gasteiger partial charge in [0.1, 0.15) is 12.1 Å². The average Bonchev–Trinajstić information content (AvgIpc) is 3.56. The summed E-state index contributed by atoms with van der Waals surface area (Å²) in [5.41, 5.74) is 3.26. The average molecular weight is 633 g/mol. The lowest BCUT2D eigenvalue weighted by molar-refractivity contribution is -0.117. The van der Waals surface area contributed by atoms with Gasteiger partial charge in [-0.1, -0.05) is 59.6 Å². The molecule has 0 aliphatic carbocycles. The van der Waals surface area contributed by atoms with E-state index in [2.05, 4.69) is 41.1 Å². The number of rotatable bonds is 9. The van der Waals surface area contributed by atoms with Crippen LogP contribution in [-0.4, -0.2) is 49.5 Å². The van der Waals surface area contributed by atoms with Crippen molar-refractivity contribution in [3.8, 4) is 16.8 Å². The molecule has 0 bridgehead atoms. The van der Waals surface area contributed by atoms with E-state index >= 15 is 0 Å². The van der Waals surface area contributed by atoms with E-state index in [-0.39, 0.29) is 10.8 Å². The Morgan fingerprint density at radius 3 is 2.59 bits per heavy atom. The van der Waals surface area contributed by atoms with Crippen LogP contribution in [0.1, 0.15) is 22.9 Å². The maximum atomic E-state index is 14.8. The largest absolute Gasteiger partial charge is 0.453 e. The summed E-state index contributed by atoms with van der Waals surface area (Å²) in [4.78, 5) is 24.8. The fraction of sp³-hybridized carbons (Fsp3) is 0.100. The van der Waals surface area contributed by atoms with Crippen LogP contribution in [0.15, 0.2) is 85.2 Å². The molecular weight excluding hydrogens is 610 g/mol. The van der Waals surface area contributed by atoms with Crippen LogP contribution in [0.5, 0.6) is 0 Å². The summed E-state index contributed by atoms with van der Waals surface area (Å²) in [7, 11) is 1.18. The van der Waals surface area contributed by atoms with Gasteiger partial charge in [0.25, 0.3) is 0 Å². The lowest BCUT2D eigenvalue weighted by Gasteiger charge is -2.18. The molecule has 11 nitrogen and oxygen atoms in total. The molecule has 5 aromatic rings. The van der Waals surface area contributed by atoms with E-state index < -0.39 is 23.9 Å². The third-order valence-electron chi connectivity index (χ3n) is 6.43. The fourth-order valence-electron chi connectivity index (χ4n) is 4.31. The SMILES string of the molecule is COC(=O)Nc1ccc(-c2cc([C@H](Cc3ccccc3)NC(=O)C=Cc3cc(Cl)ccc3-n3cnnn3)nnc2Cl)cc1F. The van der Waals surface area contributed by atoms with E-state index in [0.29, 0.717) is 39.5 Å². The summed E-state index contributed by atoms with van der Waals surface area (Å²) in [5, 5.41) is 25.3. The van der Waals surface area contributed by atoms with Crippen LogP contribution in [0.25, 0.3) is 22.9 Å². The first-order valence-electron chi connectivity index (χ1n) is 13.0. The Kier molecular flexibility index (Phi) is 9.52. The van der Waals surface area contributed by atoms with Crippen molar-refractivity contribution in [3.63, 3.8) is 0 Å². The molecule has 3 aromatic carbocycles. The second-order valence-corrected chi connectivity index (χ2v) is 10.1. The minimum Gasteiger partial charge on any atom is -0.453 e. The van der Waals surface area contributed by atoms with Gasteiger partial charge in [0.15, 0.2) is 5.15 Å². The quantitative estimate of drug-likeness (QED) is 0.193. The first-order chi connectivity index (χ1) is 21.3. The Hall–Kier alpha value is -5.20. The second kappa shape index (κ2) is 13.8. The second-order valence-electron chi connectivity index (χ2n) is 9.33. The van der Waals surface area contributed by atoms with Crippen molar-refractivity contribution in [2.45, 2.75) is 12.5 Å². The maximum Gasteiger partial charge on any atom is 0.411 e. The Morgan fingerprint density at radius 1 is 1.05 bits per heavy atom. The highest BCUT2D eigenvalue weighted by Crippen LogP contribution is 2.31.